The van der Waals surface area contributed by atoms with Crippen LogP contribution in [0.25, 0.3) is 0 Å². The first kappa shape index (κ1) is 15.8. The summed E-state index contributed by atoms with van der Waals surface area (Å²) in [5, 5.41) is 3.02. The lowest BCUT2D eigenvalue weighted by Gasteiger charge is -2.62. The number of methoxy groups -OCH3 is 1. The van der Waals surface area contributed by atoms with Gasteiger partial charge in [0.2, 0.25) is 0 Å². The van der Waals surface area contributed by atoms with Crippen molar-refractivity contribution in [3.63, 3.8) is 0 Å². The van der Waals surface area contributed by atoms with E-state index in [2.05, 4.69) is 5.32 Å². The highest BCUT2D eigenvalue weighted by Crippen LogP contribution is 2.52. The van der Waals surface area contributed by atoms with Gasteiger partial charge in [0.1, 0.15) is 0 Å². The number of amides is 1. The highest BCUT2D eigenvalue weighted by atomic mass is 19.1. The van der Waals surface area contributed by atoms with Crippen molar-refractivity contribution < 1.29 is 13.9 Å². The molecule has 1 aromatic carbocycles. The molecule has 0 atom stereocenters. The quantitative estimate of drug-likeness (QED) is 0.899. The first-order valence-corrected chi connectivity index (χ1v) is 7.02. The van der Waals surface area contributed by atoms with E-state index in [1.54, 1.807) is 0 Å². The maximum Gasteiger partial charge on any atom is 0.251 e. The fraction of sp³-hybridized carbons (Fsp3) is 0.562. The van der Waals surface area contributed by atoms with Crippen LogP contribution in [0.2, 0.25) is 0 Å². The molecule has 0 saturated heterocycles. The van der Waals surface area contributed by atoms with E-state index in [0.29, 0.717) is 5.56 Å². The number of halogens is 1. The molecular weight excluding hydrogens is 271 g/mol. The van der Waals surface area contributed by atoms with E-state index in [1.165, 1.54) is 25.3 Å². The predicted molar refractivity (Wildman–Crippen MR) is 79.7 cm³/mol. The Bertz CT molecular complexity index is 553. The van der Waals surface area contributed by atoms with Crippen molar-refractivity contribution in [1.29, 1.82) is 0 Å². The first-order valence-electron chi connectivity index (χ1n) is 7.02. The van der Waals surface area contributed by atoms with Crippen molar-refractivity contribution in [2.75, 3.05) is 7.11 Å². The fourth-order valence-electron chi connectivity index (χ4n) is 3.57. The molecule has 116 valence electrons. The summed E-state index contributed by atoms with van der Waals surface area (Å²) in [7, 11) is 1.37. The van der Waals surface area contributed by atoms with Gasteiger partial charge in [0.05, 0.1) is 7.11 Å². The molecule has 1 saturated carbocycles. The zero-order valence-electron chi connectivity index (χ0n) is 13.2. The van der Waals surface area contributed by atoms with Crippen molar-refractivity contribution in [3.05, 3.63) is 29.6 Å². The van der Waals surface area contributed by atoms with Crippen molar-refractivity contribution >= 4 is 5.91 Å². The van der Waals surface area contributed by atoms with Gasteiger partial charge in [0, 0.05) is 28.5 Å². The van der Waals surface area contributed by atoms with E-state index >= 15 is 0 Å². The third kappa shape index (κ3) is 2.39. The van der Waals surface area contributed by atoms with Crippen molar-refractivity contribution in [2.45, 2.75) is 39.8 Å². The smallest absolute Gasteiger partial charge is 0.251 e. The molecule has 0 heterocycles. The highest BCUT2D eigenvalue weighted by Gasteiger charge is 2.60. The average Bonchev–Trinajstić information content (AvgIpc) is 2.43. The van der Waals surface area contributed by atoms with Gasteiger partial charge in [-0.15, -0.1) is 0 Å². The van der Waals surface area contributed by atoms with Gasteiger partial charge in [-0.05, 0) is 18.2 Å². The maximum atomic E-state index is 13.4. The lowest BCUT2D eigenvalue weighted by atomic mass is 9.48. The molecule has 21 heavy (non-hydrogen) atoms. The van der Waals surface area contributed by atoms with Gasteiger partial charge >= 0.3 is 0 Å². The number of hydrogen-bond donors (Lipinski definition) is 2. The fourth-order valence-corrected chi connectivity index (χ4v) is 3.57. The number of ether oxygens (including phenoxy) is 1. The largest absolute Gasteiger partial charge is 0.494 e. The molecule has 2 rings (SSSR count). The second kappa shape index (κ2) is 4.98. The van der Waals surface area contributed by atoms with Crippen LogP contribution in [0.15, 0.2) is 18.2 Å². The second-order valence-corrected chi connectivity index (χ2v) is 6.88. The van der Waals surface area contributed by atoms with Gasteiger partial charge < -0.3 is 15.8 Å². The molecule has 0 aromatic heterocycles. The third-order valence-electron chi connectivity index (χ3n) is 4.78. The number of hydrogen-bond acceptors (Lipinski definition) is 3. The molecule has 1 fully saturated rings. The summed E-state index contributed by atoms with van der Waals surface area (Å²) >= 11 is 0. The highest BCUT2D eigenvalue weighted by molar-refractivity contribution is 5.95. The Kier molecular flexibility index (Phi) is 3.74. The average molecular weight is 294 g/mol. The molecular formula is C16H23FN2O2. The van der Waals surface area contributed by atoms with Crippen molar-refractivity contribution in [1.82, 2.24) is 5.32 Å². The van der Waals surface area contributed by atoms with Gasteiger partial charge in [-0.1, -0.05) is 27.7 Å². The Morgan fingerprint density at radius 2 is 1.86 bits per heavy atom. The first-order chi connectivity index (χ1) is 9.62. The summed E-state index contributed by atoms with van der Waals surface area (Å²) in [4.78, 5) is 12.4. The SMILES string of the molecule is COc1cc(C(=O)NC2C(C)(C)C(N)C2(C)C)ccc1F. The predicted octanol–water partition coefficient (Wildman–Crippen LogP) is 2.33. The van der Waals surface area contributed by atoms with E-state index in [-0.39, 0.29) is 34.6 Å². The molecule has 0 spiro atoms. The zero-order chi connectivity index (χ0) is 16.0. The van der Waals surface area contributed by atoms with Gasteiger partial charge in [-0.2, -0.15) is 0 Å². The lowest BCUT2D eigenvalue weighted by molar-refractivity contribution is -0.0663. The molecule has 5 heteroatoms. The van der Waals surface area contributed by atoms with Gasteiger partial charge in [-0.3, -0.25) is 4.79 Å². The topological polar surface area (TPSA) is 64.3 Å². The Morgan fingerprint density at radius 1 is 1.29 bits per heavy atom. The van der Waals surface area contributed by atoms with Crippen LogP contribution in [0.5, 0.6) is 5.75 Å². The van der Waals surface area contributed by atoms with Crippen LogP contribution in [-0.2, 0) is 0 Å². The monoisotopic (exact) mass is 294 g/mol. The van der Waals surface area contributed by atoms with Crippen LogP contribution in [0.4, 0.5) is 4.39 Å². The number of carbonyl (C=O) groups excluding carboxylic acids is 1. The lowest BCUT2D eigenvalue weighted by Crippen LogP contribution is -2.76. The molecule has 4 nitrogen and oxygen atoms in total. The standard InChI is InChI=1S/C16H23FN2O2/c1-15(2)13(18)16(3,4)14(15)19-12(20)9-6-7-10(17)11(8-9)21-5/h6-8,13-14H,18H2,1-5H3,(H,19,20). The molecule has 3 N–H and O–H groups in total. The van der Waals surface area contributed by atoms with Crippen LogP contribution in [0.3, 0.4) is 0 Å². The van der Waals surface area contributed by atoms with Crippen LogP contribution >= 0.6 is 0 Å². The Hall–Kier alpha value is -1.62. The molecule has 0 unspecified atom stereocenters. The number of nitrogens with one attached hydrogen (secondary N) is 1. The van der Waals surface area contributed by atoms with E-state index in [9.17, 15) is 9.18 Å². The van der Waals surface area contributed by atoms with Gasteiger partial charge in [-0.25, -0.2) is 4.39 Å². The number of rotatable bonds is 3. The van der Waals surface area contributed by atoms with Crippen molar-refractivity contribution in [3.8, 4) is 5.75 Å². The molecule has 1 aliphatic rings. The summed E-state index contributed by atoms with van der Waals surface area (Å²) in [6.45, 7) is 8.16. The zero-order valence-corrected chi connectivity index (χ0v) is 13.2. The minimum absolute atomic E-state index is 0.0121. The van der Waals surface area contributed by atoms with E-state index < -0.39 is 5.82 Å². The van der Waals surface area contributed by atoms with Gasteiger partial charge in [0.15, 0.2) is 11.6 Å². The molecule has 1 aliphatic carbocycles. The van der Waals surface area contributed by atoms with Crippen LogP contribution in [0.1, 0.15) is 38.1 Å². The minimum atomic E-state index is -0.486. The Balaban J connectivity index is 2.19. The molecule has 1 amide bonds. The van der Waals surface area contributed by atoms with Crippen LogP contribution < -0.4 is 15.8 Å². The molecule has 0 aliphatic heterocycles. The summed E-state index contributed by atoms with van der Waals surface area (Å²) < 4.78 is 18.3. The minimum Gasteiger partial charge on any atom is -0.494 e. The normalized spacial score (nSPS) is 25.9. The van der Waals surface area contributed by atoms with Crippen LogP contribution in [-0.4, -0.2) is 25.1 Å². The maximum absolute atomic E-state index is 13.4. The summed E-state index contributed by atoms with van der Waals surface area (Å²) in [6, 6.07) is 4.06. The van der Waals surface area contributed by atoms with E-state index in [0.717, 1.165) is 0 Å². The number of nitrogens with two attached hydrogens (primary N) is 1. The van der Waals surface area contributed by atoms with E-state index in [4.69, 9.17) is 10.5 Å². The summed E-state index contributed by atoms with van der Waals surface area (Å²) in [5.41, 5.74) is 6.20. The molecule has 0 bridgehead atoms. The Labute approximate surface area is 124 Å². The summed E-state index contributed by atoms with van der Waals surface area (Å²) in [6.07, 6.45) is 0. The van der Waals surface area contributed by atoms with E-state index in [1.807, 2.05) is 27.7 Å². The third-order valence-corrected chi connectivity index (χ3v) is 4.78. The van der Waals surface area contributed by atoms with Crippen molar-refractivity contribution in [2.24, 2.45) is 16.6 Å². The van der Waals surface area contributed by atoms with Gasteiger partial charge in [0.25, 0.3) is 5.91 Å². The second-order valence-electron chi connectivity index (χ2n) is 6.88. The number of carbonyl (C=O) groups is 1. The number of benzene rings is 1. The van der Waals surface area contributed by atoms with Crippen LogP contribution in [0, 0.1) is 16.6 Å². The molecule has 1 aromatic rings. The Morgan fingerprint density at radius 3 is 2.38 bits per heavy atom. The summed E-state index contributed by atoms with van der Waals surface area (Å²) in [5.74, 6) is -0.668. The molecule has 0 radical (unpaired) electrons.